The van der Waals surface area contributed by atoms with Gasteiger partial charge in [-0.3, -0.25) is 0 Å². The van der Waals surface area contributed by atoms with E-state index in [-0.39, 0.29) is 6.54 Å². The molecule has 0 saturated heterocycles. The molecular formula is C10H15NO2. The summed E-state index contributed by atoms with van der Waals surface area (Å²) in [5.41, 5.74) is 7.21. The van der Waals surface area contributed by atoms with Crippen molar-refractivity contribution in [3.05, 3.63) is 29.3 Å². The van der Waals surface area contributed by atoms with Gasteiger partial charge in [0.25, 0.3) is 0 Å². The normalized spacial score (nSPS) is 12.6. The quantitative estimate of drug-likeness (QED) is 0.731. The lowest BCUT2D eigenvalue weighted by Crippen LogP contribution is -2.12. The Labute approximate surface area is 78.1 Å². The van der Waals surface area contributed by atoms with Crippen LogP contribution in [0.5, 0.6) is 5.75 Å². The molecule has 1 aromatic rings. The number of hydrogen-bond acceptors (Lipinski definition) is 3. The number of hydrogen-bond donors (Lipinski definition) is 2. The maximum absolute atomic E-state index is 9.56. The van der Waals surface area contributed by atoms with Crippen LogP contribution in [0.2, 0.25) is 0 Å². The number of aliphatic hydroxyl groups is 1. The van der Waals surface area contributed by atoms with Gasteiger partial charge in [0.05, 0.1) is 13.2 Å². The van der Waals surface area contributed by atoms with Crippen molar-refractivity contribution in [3.63, 3.8) is 0 Å². The van der Waals surface area contributed by atoms with Crippen molar-refractivity contribution in [1.82, 2.24) is 0 Å². The SMILES string of the molecule is COc1ccc(C)cc1[C@H](O)CN. The molecule has 0 heterocycles. The molecule has 0 aromatic heterocycles. The predicted octanol–water partition coefficient (Wildman–Crippen LogP) is 0.996. The van der Waals surface area contributed by atoms with Gasteiger partial charge < -0.3 is 15.6 Å². The van der Waals surface area contributed by atoms with Crippen molar-refractivity contribution >= 4 is 0 Å². The van der Waals surface area contributed by atoms with Crippen molar-refractivity contribution in [3.8, 4) is 5.75 Å². The summed E-state index contributed by atoms with van der Waals surface area (Å²) in [6, 6.07) is 5.66. The second-order valence-corrected chi connectivity index (χ2v) is 3.00. The fourth-order valence-corrected chi connectivity index (χ4v) is 1.24. The van der Waals surface area contributed by atoms with E-state index < -0.39 is 6.10 Å². The van der Waals surface area contributed by atoms with Gasteiger partial charge in [0.1, 0.15) is 5.75 Å². The highest BCUT2D eigenvalue weighted by molar-refractivity contribution is 5.38. The molecule has 1 atom stereocenters. The summed E-state index contributed by atoms with van der Waals surface area (Å²) in [5, 5.41) is 9.56. The molecule has 0 amide bonds. The van der Waals surface area contributed by atoms with Gasteiger partial charge in [-0.15, -0.1) is 0 Å². The highest BCUT2D eigenvalue weighted by Crippen LogP contribution is 2.25. The van der Waals surface area contributed by atoms with E-state index in [0.717, 1.165) is 11.1 Å². The van der Waals surface area contributed by atoms with E-state index in [2.05, 4.69) is 0 Å². The van der Waals surface area contributed by atoms with Gasteiger partial charge in [-0.25, -0.2) is 0 Å². The van der Waals surface area contributed by atoms with Gasteiger partial charge >= 0.3 is 0 Å². The molecule has 13 heavy (non-hydrogen) atoms. The Morgan fingerprint density at radius 2 is 2.23 bits per heavy atom. The van der Waals surface area contributed by atoms with E-state index >= 15 is 0 Å². The molecular weight excluding hydrogens is 166 g/mol. The van der Waals surface area contributed by atoms with Crippen LogP contribution in [-0.4, -0.2) is 18.8 Å². The van der Waals surface area contributed by atoms with Crippen LogP contribution in [0.1, 0.15) is 17.2 Å². The van der Waals surface area contributed by atoms with E-state index in [1.165, 1.54) is 0 Å². The first-order chi connectivity index (χ1) is 6.19. The Balaban J connectivity index is 3.07. The molecule has 1 aromatic carbocycles. The fraction of sp³-hybridized carbons (Fsp3) is 0.400. The Bertz CT molecular complexity index is 286. The zero-order chi connectivity index (χ0) is 9.84. The molecule has 72 valence electrons. The molecule has 0 radical (unpaired) electrons. The molecule has 0 aliphatic rings. The third-order valence-corrected chi connectivity index (χ3v) is 1.97. The van der Waals surface area contributed by atoms with E-state index in [9.17, 15) is 5.11 Å². The lowest BCUT2D eigenvalue weighted by molar-refractivity contribution is 0.182. The first kappa shape index (κ1) is 10.0. The first-order valence-corrected chi connectivity index (χ1v) is 4.21. The zero-order valence-corrected chi connectivity index (χ0v) is 7.95. The Hall–Kier alpha value is -1.06. The van der Waals surface area contributed by atoms with E-state index in [0.29, 0.717) is 5.75 Å². The number of ether oxygens (including phenoxy) is 1. The lowest BCUT2D eigenvalue weighted by Gasteiger charge is -2.13. The van der Waals surface area contributed by atoms with Crippen LogP contribution < -0.4 is 10.5 Å². The molecule has 0 aliphatic carbocycles. The predicted molar refractivity (Wildman–Crippen MR) is 51.7 cm³/mol. The third-order valence-electron chi connectivity index (χ3n) is 1.97. The highest BCUT2D eigenvalue weighted by Gasteiger charge is 2.10. The summed E-state index contributed by atoms with van der Waals surface area (Å²) < 4.78 is 5.11. The highest BCUT2D eigenvalue weighted by atomic mass is 16.5. The number of rotatable bonds is 3. The van der Waals surface area contributed by atoms with Gasteiger partial charge in [-0.2, -0.15) is 0 Å². The standard InChI is InChI=1S/C10H15NO2/c1-7-3-4-10(13-2)8(5-7)9(12)6-11/h3-5,9,12H,6,11H2,1-2H3/t9-/m1/s1. The fourth-order valence-electron chi connectivity index (χ4n) is 1.24. The first-order valence-electron chi connectivity index (χ1n) is 4.21. The summed E-state index contributed by atoms with van der Waals surface area (Å²) in [6.07, 6.45) is -0.644. The number of aryl methyl sites for hydroxylation is 1. The molecule has 0 spiro atoms. The lowest BCUT2D eigenvalue weighted by atomic mass is 10.1. The van der Waals surface area contributed by atoms with Crippen LogP contribution in [0.3, 0.4) is 0 Å². The van der Waals surface area contributed by atoms with E-state index in [1.807, 2.05) is 25.1 Å². The van der Waals surface area contributed by atoms with Crippen LogP contribution in [0.4, 0.5) is 0 Å². The topological polar surface area (TPSA) is 55.5 Å². The van der Waals surface area contributed by atoms with Gasteiger partial charge in [-0.05, 0) is 19.1 Å². The van der Waals surface area contributed by atoms with Gasteiger partial charge in [0.15, 0.2) is 0 Å². The van der Waals surface area contributed by atoms with Gasteiger partial charge in [0.2, 0.25) is 0 Å². The molecule has 0 fully saturated rings. The van der Waals surface area contributed by atoms with E-state index in [1.54, 1.807) is 7.11 Å². The molecule has 1 rings (SSSR count). The maximum Gasteiger partial charge on any atom is 0.124 e. The Morgan fingerprint density at radius 3 is 2.77 bits per heavy atom. The van der Waals surface area contributed by atoms with Crippen molar-refractivity contribution in [2.45, 2.75) is 13.0 Å². The van der Waals surface area contributed by atoms with Crippen LogP contribution in [0.15, 0.2) is 18.2 Å². The van der Waals surface area contributed by atoms with Crippen LogP contribution >= 0.6 is 0 Å². The number of aliphatic hydroxyl groups excluding tert-OH is 1. The minimum Gasteiger partial charge on any atom is -0.496 e. The average molecular weight is 181 g/mol. The molecule has 3 heteroatoms. The summed E-state index contributed by atoms with van der Waals surface area (Å²) in [7, 11) is 1.58. The molecule has 3 nitrogen and oxygen atoms in total. The monoisotopic (exact) mass is 181 g/mol. The molecule has 0 unspecified atom stereocenters. The molecule has 0 aliphatic heterocycles. The average Bonchev–Trinajstić information content (AvgIpc) is 2.16. The second-order valence-electron chi connectivity index (χ2n) is 3.00. The summed E-state index contributed by atoms with van der Waals surface area (Å²) in [6.45, 7) is 2.17. The van der Waals surface area contributed by atoms with Crippen molar-refractivity contribution in [1.29, 1.82) is 0 Å². The Morgan fingerprint density at radius 1 is 1.54 bits per heavy atom. The number of benzene rings is 1. The smallest absolute Gasteiger partial charge is 0.124 e. The summed E-state index contributed by atoms with van der Waals surface area (Å²) in [4.78, 5) is 0. The Kier molecular flexibility index (Phi) is 3.28. The van der Waals surface area contributed by atoms with Gasteiger partial charge in [-0.1, -0.05) is 11.6 Å². The van der Waals surface area contributed by atoms with Gasteiger partial charge in [0, 0.05) is 12.1 Å². The summed E-state index contributed by atoms with van der Waals surface area (Å²) >= 11 is 0. The van der Waals surface area contributed by atoms with Crippen molar-refractivity contribution < 1.29 is 9.84 Å². The number of nitrogens with two attached hydrogens (primary N) is 1. The van der Waals surface area contributed by atoms with Crippen LogP contribution in [0, 0.1) is 6.92 Å². The zero-order valence-electron chi connectivity index (χ0n) is 7.95. The van der Waals surface area contributed by atoms with E-state index in [4.69, 9.17) is 10.5 Å². The minimum atomic E-state index is -0.644. The maximum atomic E-state index is 9.56. The van der Waals surface area contributed by atoms with Crippen molar-refractivity contribution in [2.75, 3.05) is 13.7 Å². The van der Waals surface area contributed by atoms with Crippen LogP contribution in [0.25, 0.3) is 0 Å². The largest absolute Gasteiger partial charge is 0.496 e. The molecule has 0 saturated carbocycles. The van der Waals surface area contributed by atoms with Crippen LogP contribution in [-0.2, 0) is 0 Å². The summed E-state index contributed by atoms with van der Waals surface area (Å²) in [5.74, 6) is 0.684. The number of methoxy groups -OCH3 is 1. The third kappa shape index (κ3) is 2.20. The second kappa shape index (κ2) is 4.25. The molecule has 3 N–H and O–H groups in total. The molecule has 0 bridgehead atoms. The van der Waals surface area contributed by atoms with Crippen molar-refractivity contribution in [2.24, 2.45) is 5.73 Å². The minimum absolute atomic E-state index is 0.208.